The molecule has 0 aliphatic carbocycles. The van der Waals surface area contributed by atoms with Gasteiger partial charge in [0, 0.05) is 34.0 Å². The van der Waals surface area contributed by atoms with Crippen LogP contribution < -0.4 is 5.32 Å². The number of likely N-dealkylation sites (N-methyl/N-ethyl adjacent to an activating group) is 1. The number of likely N-dealkylation sites (tertiary alicyclic amines) is 1. The normalized spacial score (nSPS) is 20.2. The van der Waals surface area contributed by atoms with Crippen molar-refractivity contribution < 1.29 is 0 Å². The molecule has 0 saturated carbocycles. The third kappa shape index (κ3) is 2.81. The zero-order chi connectivity index (χ0) is 13.9. The fourth-order valence-electron chi connectivity index (χ4n) is 2.93. The molecule has 1 aliphatic rings. The van der Waals surface area contributed by atoms with E-state index in [-0.39, 0.29) is 0 Å². The van der Waals surface area contributed by atoms with E-state index in [0.717, 1.165) is 16.8 Å². The van der Waals surface area contributed by atoms with Crippen LogP contribution in [-0.2, 0) is 0 Å². The van der Waals surface area contributed by atoms with E-state index in [4.69, 9.17) is 0 Å². The smallest absolute Gasteiger partial charge is 0.133 e. The summed E-state index contributed by atoms with van der Waals surface area (Å²) >= 11 is 3.60. The van der Waals surface area contributed by atoms with E-state index >= 15 is 0 Å². The number of fused-ring (bicyclic) bond motifs is 1. The molecule has 1 aromatic heterocycles. The number of pyridine rings is 1. The van der Waals surface area contributed by atoms with Gasteiger partial charge >= 0.3 is 0 Å². The molecule has 1 unspecified atom stereocenters. The van der Waals surface area contributed by atoms with Crippen LogP contribution in [0.4, 0.5) is 5.82 Å². The SMILES string of the molecule is CN1CCCCC1CNc1nccc2c(Br)cccc12. The van der Waals surface area contributed by atoms with E-state index in [1.54, 1.807) is 0 Å². The Morgan fingerprint density at radius 3 is 3.05 bits per heavy atom. The Labute approximate surface area is 128 Å². The molecule has 2 aromatic rings. The molecule has 4 heteroatoms. The van der Waals surface area contributed by atoms with E-state index < -0.39 is 0 Å². The first-order valence-electron chi connectivity index (χ1n) is 7.23. The fourth-order valence-corrected chi connectivity index (χ4v) is 3.42. The van der Waals surface area contributed by atoms with Gasteiger partial charge in [-0.25, -0.2) is 4.98 Å². The quantitative estimate of drug-likeness (QED) is 0.923. The number of nitrogens with zero attached hydrogens (tertiary/aromatic N) is 2. The molecule has 0 bridgehead atoms. The summed E-state index contributed by atoms with van der Waals surface area (Å²) < 4.78 is 1.12. The van der Waals surface area contributed by atoms with Crippen molar-refractivity contribution in [2.24, 2.45) is 0 Å². The van der Waals surface area contributed by atoms with Crippen LogP contribution in [0.3, 0.4) is 0 Å². The van der Waals surface area contributed by atoms with E-state index in [2.05, 4.69) is 62.4 Å². The van der Waals surface area contributed by atoms with E-state index in [1.165, 1.54) is 36.6 Å². The number of anilines is 1. The van der Waals surface area contributed by atoms with Gasteiger partial charge in [0.15, 0.2) is 0 Å². The van der Waals surface area contributed by atoms with Crippen molar-refractivity contribution in [3.8, 4) is 0 Å². The minimum Gasteiger partial charge on any atom is -0.368 e. The Balaban J connectivity index is 1.79. The highest BCUT2D eigenvalue weighted by Crippen LogP contribution is 2.27. The molecule has 3 nitrogen and oxygen atoms in total. The van der Waals surface area contributed by atoms with Gasteiger partial charge in [-0.15, -0.1) is 0 Å². The van der Waals surface area contributed by atoms with Gasteiger partial charge in [0.2, 0.25) is 0 Å². The third-order valence-corrected chi connectivity index (χ3v) is 4.87. The van der Waals surface area contributed by atoms with Crippen LogP contribution in [0.25, 0.3) is 10.8 Å². The van der Waals surface area contributed by atoms with Crippen molar-refractivity contribution >= 4 is 32.5 Å². The molecule has 1 aliphatic heterocycles. The maximum absolute atomic E-state index is 4.51. The van der Waals surface area contributed by atoms with Gasteiger partial charge in [-0.2, -0.15) is 0 Å². The van der Waals surface area contributed by atoms with Gasteiger partial charge in [0.05, 0.1) is 0 Å². The minimum absolute atomic E-state index is 0.618. The topological polar surface area (TPSA) is 28.2 Å². The molecule has 0 amide bonds. The van der Waals surface area contributed by atoms with Crippen LogP contribution in [0.1, 0.15) is 19.3 Å². The van der Waals surface area contributed by atoms with Crippen molar-refractivity contribution in [1.29, 1.82) is 0 Å². The summed E-state index contributed by atoms with van der Waals surface area (Å²) in [5.41, 5.74) is 0. The highest BCUT2D eigenvalue weighted by molar-refractivity contribution is 9.10. The van der Waals surface area contributed by atoms with Gasteiger partial charge in [0.25, 0.3) is 0 Å². The molecule has 0 radical (unpaired) electrons. The number of rotatable bonds is 3. The summed E-state index contributed by atoms with van der Waals surface area (Å²) in [6.07, 6.45) is 5.82. The summed E-state index contributed by atoms with van der Waals surface area (Å²) in [6, 6.07) is 8.93. The van der Waals surface area contributed by atoms with Crippen LogP contribution >= 0.6 is 15.9 Å². The predicted octanol–water partition coefficient (Wildman–Crippen LogP) is 3.89. The first kappa shape index (κ1) is 13.8. The van der Waals surface area contributed by atoms with Crippen LogP contribution in [0.5, 0.6) is 0 Å². The fraction of sp³-hybridized carbons (Fsp3) is 0.438. The number of aromatic nitrogens is 1. The summed E-state index contributed by atoms with van der Waals surface area (Å²) in [5, 5.41) is 5.93. The van der Waals surface area contributed by atoms with E-state index in [0.29, 0.717) is 6.04 Å². The lowest BCUT2D eigenvalue weighted by atomic mass is 10.0. The molecule has 3 rings (SSSR count). The summed E-state index contributed by atoms with van der Waals surface area (Å²) in [4.78, 5) is 6.96. The molecular formula is C16H20BrN3. The van der Waals surface area contributed by atoms with Crippen molar-refractivity contribution in [3.63, 3.8) is 0 Å². The monoisotopic (exact) mass is 333 g/mol. The number of hydrogen-bond donors (Lipinski definition) is 1. The lowest BCUT2D eigenvalue weighted by Crippen LogP contribution is -2.40. The third-order valence-electron chi connectivity index (χ3n) is 4.18. The van der Waals surface area contributed by atoms with Gasteiger partial charge in [-0.1, -0.05) is 34.5 Å². The average Bonchev–Trinajstić information content (AvgIpc) is 2.47. The maximum atomic E-state index is 4.51. The van der Waals surface area contributed by atoms with Crippen LogP contribution in [-0.4, -0.2) is 36.1 Å². The Hall–Kier alpha value is -1.13. The Morgan fingerprint density at radius 2 is 2.20 bits per heavy atom. The summed E-state index contributed by atoms with van der Waals surface area (Å²) in [6.45, 7) is 2.18. The zero-order valence-corrected chi connectivity index (χ0v) is 13.4. The number of hydrogen-bond acceptors (Lipinski definition) is 3. The van der Waals surface area contributed by atoms with Crippen molar-refractivity contribution in [1.82, 2.24) is 9.88 Å². The standard InChI is InChI=1S/C16H20BrN3/c1-20-10-3-2-5-12(20)11-19-16-14-6-4-7-15(17)13(14)8-9-18-16/h4,6-9,12H,2-3,5,10-11H2,1H3,(H,18,19). The molecule has 0 spiro atoms. The highest BCUT2D eigenvalue weighted by Gasteiger charge is 2.18. The van der Waals surface area contributed by atoms with Crippen LogP contribution in [0.2, 0.25) is 0 Å². The molecule has 106 valence electrons. The second-order valence-electron chi connectivity index (χ2n) is 5.51. The minimum atomic E-state index is 0.618. The van der Waals surface area contributed by atoms with Crippen LogP contribution in [0, 0.1) is 0 Å². The first-order valence-corrected chi connectivity index (χ1v) is 8.02. The number of nitrogens with one attached hydrogen (secondary N) is 1. The molecule has 1 saturated heterocycles. The van der Waals surface area contributed by atoms with E-state index in [9.17, 15) is 0 Å². The molecule has 1 aromatic carbocycles. The second-order valence-corrected chi connectivity index (χ2v) is 6.36. The maximum Gasteiger partial charge on any atom is 0.133 e. The number of benzene rings is 1. The molecular weight excluding hydrogens is 314 g/mol. The molecule has 1 fully saturated rings. The number of halogens is 1. The van der Waals surface area contributed by atoms with Gasteiger partial charge in [-0.3, -0.25) is 0 Å². The Bertz CT molecular complexity index is 599. The predicted molar refractivity (Wildman–Crippen MR) is 88.2 cm³/mol. The van der Waals surface area contributed by atoms with Crippen molar-refractivity contribution in [2.45, 2.75) is 25.3 Å². The van der Waals surface area contributed by atoms with Crippen molar-refractivity contribution in [3.05, 3.63) is 34.9 Å². The van der Waals surface area contributed by atoms with Gasteiger partial charge < -0.3 is 10.2 Å². The van der Waals surface area contributed by atoms with Crippen molar-refractivity contribution in [2.75, 3.05) is 25.5 Å². The molecule has 2 heterocycles. The zero-order valence-electron chi connectivity index (χ0n) is 11.8. The molecule has 20 heavy (non-hydrogen) atoms. The summed E-state index contributed by atoms with van der Waals surface area (Å²) in [5.74, 6) is 0.989. The number of piperidine rings is 1. The van der Waals surface area contributed by atoms with Gasteiger partial charge in [-0.05, 0) is 38.6 Å². The van der Waals surface area contributed by atoms with E-state index in [1.807, 2.05) is 6.20 Å². The van der Waals surface area contributed by atoms with Crippen LogP contribution in [0.15, 0.2) is 34.9 Å². The molecule has 1 atom stereocenters. The second kappa shape index (κ2) is 6.10. The Kier molecular flexibility index (Phi) is 4.22. The average molecular weight is 334 g/mol. The highest BCUT2D eigenvalue weighted by atomic mass is 79.9. The first-order chi connectivity index (χ1) is 9.75. The largest absolute Gasteiger partial charge is 0.368 e. The summed E-state index contributed by atoms with van der Waals surface area (Å²) in [7, 11) is 2.22. The lowest BCUT2D eigenvalue weighted by molar-refractivity contribution is 0.194. The Morgan fingerprint density at radius 1 is 1.30 bits per heavy atom. The lowest BCUT2D eigenvalue weighted by Gasteiger charge is -2.32. The van der Waals surface area contributed by atoms with Gasteiger partial charge in [0.1, 0.15) is 5.82 Å². The molecule has 1 N–H and O–H groups in total.